The summed E-state index contributed by atoms with van der Waals surface area (Å²) >= 11 is 0. The number of fused-ring (bicyclic) bond motifs is 1. The lowest BCUT2D eigenvalue weighted by molar-refractivity contribution is 0.0630. The number of rotatable bonds is 4. The lowest BCUT2D eigenvalue weighted by Gasteiger charge is -2.41. The van der Waals surface area contributed by atoms with Crippen molar-refractivity contribution < 1.29 is 9.53 Å². The highest BCUT2D eigenvalue weighted by Gasteiger charge is 2.31. The Balaban J connectivity index is 1.47. The number of hydrogen-bond donors (Lipinski definition) is 0. The minimum Gasteiger partial charge on any atom is -0.497 e. The van der Waals surface area contributed by atoms with Gasteiger partial charge in [-0.3, -0.25) is 9.69 Å². The van der Waals surface area contributed by atoms with Gasteiger partial charge in [0.15, 0.2) is 5.78 Å². The van der Waals surface area contributed by atoms with Crippen LogP contribution in [0.2, 0.25) is 0 Å². The molecule has 0 bridgehead atoms. The predicted molar refractivity (Wildman–Crippen MR) is 110 cm³/mol. The summed E-state index contributed by atoms with van der Waals surface area (Å²) in [7, 11) is 3.88. The average molecular weight is 367 g/mol. The van der Waals surface area contributed by atoms with Crippen molar-refractivity contribution in [2.45, 2.75) is 31.7 Å². The normalized spacial score (nSPS) is 22.8. The molecule has 1 atom stereocenters. The number of ketones is 1. The van der Waals surface area contributed by atoms with Crippen molar-refractivity contribution >= 4 is 16.6 Å². The molecule has 1 unspecified atom stereocenters. The van der Waals surface area contributed by atoms with Gasteiger partial charge in [0, 0.05) is 24.1 Å². The summed E-state index contributed by atoms with van der Waals surface area (Å²) in [5.41, 5.74) is 0.850. The lowest BCUT2D eigenvalue weighted by Crippen LogP contribution is -2.48. The molecular weight excluding hydrogens is 336 g/mol. The van der Waals surface area contributed by atoms with Gasteiger partial charge >= 0.3 is 0 Å². The molecule has 2 aliphatic rings. The van der Waals surface area contributed by atoms with Crippen molar-refractivity contribution in [1.29, 1.82) is 0 Å². The number of nitrogens with zero attached hydrogens (tertiary/aromatic N) is 2. The first-order valence-corrected chi connectivity index (χ1v) is 10.2. The van der Waals surface area contributed by atoms with E-state index in [0.717, 1.165) is 48.0 Å². The van der Waals surface area contributed by atoms with Crippen LogP contribution in [0.4, 0.5) is 0 Å². The van der Waals surface area contributed by atoms with E-state index in [4.69, 9.17) is 4.74 Å². The highest BCUT2D eigenvalue weighted by Crippen LogP contribution is 2.28. The smallest absolute Gasteiger partial charge is 0.167 e. The minimum atomic E-state index is 0.133. The molecule has 4 nitrogen and oxygen atoms in total. The minimum absolute atomic E-state index is 0.133. The molecule has 2 saturated heterocycles. The summed E-state index contributed by atoms with van der Waals surface area (Å²) in [6.45, 7) is 4.42. The summed E-state index contributed by atoms with van der Waals surface area (Å²) in [5.74, 6) is 1.29. The van der Waals surface area contributed by atoms with Gasteiger partial charge in [-0.2, -0.15) is 0 Å². The van der Waals surface area contributed by atoms with Crippen LogP contribution >= 0.6 is 0 Å². The van der Waals surface area contributed by atoms with Crippen LogP contribution in [0.25, 0.3) is 10.8 Å². The van der Waals surface area contributed by atoms with Crippen LogP contribution in [0.3, 0.4) is 0 Å². The summed E-state index contributed by atoms with van der Waals surface area (Å²) in [6, 6.07) is 12.7. The predicted octanol–water partition coefficient (Wildman–Crippen LogP) is 3.84. The second-order valence-corrected chi connectivity index (χ2v) is 8.16. The second-order valence-electron chi connectivity index (χ2n) is 8.16. The maximum Gasteiger partial charge on any atom is 0.167 e. The Kier molecular flexibility index (Phi) is 5.46. The molecule has 2 aliphatic heterocycles. The Morgan fingerprint density at radius 3 is 2.52 bits per heavy atom. The van der Waals surface area contributed by atoms with Crippen LogP contribution in [0.1, 0.15) is 36.0 Å². The quantitative estimate of drug-likeness (QED) is 0.770. The van der Waals surface area contributed by atoms with Crippen molar-refractivity contribution in [2.75, 3.05) is 40.3 Å². The highest BCUT2D eigenvalue weighted by molar-refractivity contribution is 6.01. The Bertz CT molecular complexity index is 811. The monoisotopic (exact) mass is 366 g/mol. The van der Waals surface area contributed by atoms with E-state index in [9.17, 15) is 4.79 Å². The molecular formula is C23H30N2O2. The lowest BCUT2D eigenvalue weighted by atomic mass is 9.87. The van der Waals surface area contributed by atoms with Gasteiger partial charge in [0.1, 0.15) is 5.75 Å². The third-order valence-electron chi connectivity index (χ3n) is 6.36. The molecule has 2 aromatic carbocycles. The van der Waals surface area contributed by atoms with Gasteiger partial charge < -0.3 is 9.64 Å². The summed E-state index contributed by atoms with van der Waals surface area (Å²) < 4.78 is 5.30. The first-order valence-electron chi connectivity index (χ1n) is 10.2. The zero-order valence-electron chi connectivity index (χ0n) is 16.5. The van der Waals surface area contributed by atoms with Gasteiger partial charge in [-0.1, -0.05) is 18.2 Å². The number of carbonyl (C=O) groups is 1. The van der Waals surface area contributed by atoms with E-state index in [2.05, 4.69) is 16.8 Å². The number of ether oxygens (including phenoxy) is 1. The van der Waals surface area contributed by atoms with Crippen LogP contribution in [-0.2, 0) is 0 Å². The highest BCUT2D eigenvalue weighted by atomic mass is 16.5. The van der Waals surface area contributed by atoms with E-state index in [-0.39, 0.29) is 5.92 Å². The molecule has 4 heteroatoms. The Labute approximate surface area is 162 Å². The topological polar surface area (TPSA) is 32.8 Å². The molecule has 0 saturated carbocycles. The Morgan fingerprint density at radius 1 is 1.00 bits per heavy atom. The summed E-state index contributed by atoms with van der Waals surface area (Å²) in [5, 5.41) is 2.21. The number of methoxy groups -OCH3 is 1. The van der Waals surface area contributed by atoms with Gasteiger partial charge in [0.2, 0.25) is 0 Å². The van der Waals surface area contributed by atoms with Crippen LogP contribution < -0.4 is 4.74 Å². The fourth-order valence-electron chi connectivity index (χ4n) is 4.65. The molecule has 0 aromatic heterocycles. The molecule has 0 aliphatic carbocycles. The SMILES string of the molecule is COc1ccc2cc(C(=O)C3CCCN(C4CCN(C)CC4)C3)ccc2c1. The Hall–Kier alpha value is -1.91. The molecule has 0 amide bonds. The van der Waals surface area contributed by atoms with E-state index in [0.29, 0.717) is 11.8 Å². The van der Waals surface area contributed by atoms with E-state index in [1.165, 1.54) is 25.9 Å². The first-order chi connectivity index (χ1) is 13.1. The molecule has 2 fully saturated rings. The van der Waals surface area contributed by atoms with Crippen LogP contribution in [-0.4, -0.2) is 62.0 Å². The van der Waals surface area contributed by atoms with E-state index in [1.54, 1.807) is 7.11 Å². The number of Topliss-reactive ketones (excluding diaryl/α,β-unsaturated/α-hetero) is 1. The second kappa shape index (κ2) is 7.99. The molecule has 0 spiro atoms. The number of piperidine rings is 2. The zero-order chi connectivity index (χ0) is 18.8. The third-order valence-corrected chi connectivity index (χ3v) is 6.36. The number of hydrogen-bond acceptors (Lipinski definition) is 4. The number of benzene rings is 2. The van der Waals surface area contributed by atoms with Gasteiger partial charge in [0.25, 0.3) is 0 Å². The zero-order valence-corrected chi connectivity index (χ0v) is 16.5. The molecule has 2 heterocycles. The molecule has 0 radical (unpaired) electrons. The van der Waals surface area contributed by atoms with Crippen LogP contribution in [0, 0.1) is 5.92 Å². The molecule has 4 rings (SSSR count). The van der Waals surface area contributed by atoms with Crippen molar-refractivity contribution in [3.63, 3.8) is 0 Å². The van der Waals surface area contributed by atoms with Crippen molar-refractivity contribution in [3.8, 4) is 5.75 Å². The largest absolute Gasteiger partial charge is 0.497 e. The van der Waals surface area contributed by atoms with Gasteiger partial charge in [-0.25, -0.2) is 0 Å². The Morgan fingerprint density at radius 2 is 1.74 bits per heavy atom. The van der Waals surface area contributed by atoms with E-state index >= 15 is 0 Å². The fourth-order valence-corrected chi connectivity index (χ4v) is 4.65. The van der Waals surface area contributed by atoms with E-state index in [1.807, 2.05) is 36.4 Å². The van der Waals surface area contributed by atoms with E-state index < -0.39 is 0 Å². The third kappa shape index (κ3) is 4.02. The maximum atomic E-state index is 13.2. The summed E-state index contributed by atoms with van der Waals surface area (Å²) in [6.07, 6.45) is 4.61. The molecule has 0 N–H and O–H groups in total. The van der Waals surface area contributed by atoms with Crippen molar-refractivity contribution in [1.82, 2.24) is 9.80 Å². The fraction of sp³-hybridized carbons (Fsp3) is 0.522. The maximum absolute atomic E-state index is 13.2. The molecule has 2 aromatic rings. The first kappa shape index (κ1) is 18.5. The number of likely N-dealkylation sites (tertiary alicyclic amines) is 2. The molecule has 27 heavy (non-hydrogen) atoms. The van der Waals surface area contributed by atoms with Crippen LogP contribution in [0.15, 0.2) is 36.4 Å². The average Bonchev–Trinajstić information content (AvgIpc) is 2.73. The standard InChI is InChI=1S/C23H30N2O2/c1-24-12-9-21(10-13-24)25-11-3-4-20(16-25)23(26)19-6-5-18-15-22(27-2)8-7-17(18)14-19/h5-8,14-15,20-21H,3-4,9-13,16H2,1-2H3. The van der Waals surface area contributed by atoms with Gasteiger partial charge in [-0.05, 0) is 81.3 Å². The van der Waals surface area contributed by atoms with Crippen molar-refractivity contribution in [3.05, 3.63) is 42.0 Å². The van der Waals surface area contributed by atoms with Crippen molar-refractivity contribution in [2.24, 2.45) is 5.92 Å². The summed E-state index contributed by atoms with van der Waals surface area (Å²) in [4.78, 5) is 18.2. The van der Waals surface area contributed by atoms with Gasteiger partial charge in [0.05, 0.1) is 7.11 Å². The van der Waals surface area contributed by atoms with Gasteiger partial charge in [-0.15, -0.1) is 0 Å². The molecule has 144 valence electrons. The van der Waals surface area contributed by atoms with Crippen LogP contribution in [0.5, 0.6) is 5.75 Å². The number of carbonyl (C=O) groups excluding carboxylic acids is 1.